The molecule has 3 aromatic heterocycles. The van der Waals surface area contributed by atoms with Crippen LogP contribution >= 0.6 is 0 Å². The number of nitrogens with zero attached hydrogens (tertiary/aromatic N) is 5. The molecule has 1 saturated heterocycles. The highest BCUT2D eigenvalue weighted by atomic mass is 15.3. The van der Waals surface area contributed by atoms with E-state index in [0.29, 0.717) is 12.5 Å². The molecule has 6 nitrogen and oxygen atoms in total. The van der Waals surface area contributed by atoms with Gasteiger partial charge < -0.3 is 5.32 Å². The van der Waals surface area contributed by atoms with Crippen LogP contribution in [0.1, 0.15) is 35.6 Å². The van der Waals surface area contributed by atoms with Gasteiger partial charge in [0.15, 0.2) is 5.65 Å². The molecule has 1 aliphatic heterocycles. The predicted octanol–water partition coefficient (Wildman–Crippen LogP) is 0.633. The number of pyridine rings is 1. The highest BCUT2D eigenvalue weighted by Gasteiger charge is 2.23. The van der Waals surface area contributed by atoms with E-state index < -0.39 is 0 Å². The van der Waals surface area contributed by atoms with Crippen LogP contribution in [-0.2, 0) is 13.1 Å². The fraction of sp³-hybridized carbons (Fsp3) is 0.292. The zero-order valence-corrected chi connectivity index (χ0v) is 18.8. The Hall–Kier alpha value is -3.12. The second kappa shape index (κ2) is 9.17. The zero-order valence-electron chi connectivity index (χ0n) is 18.8. The van der Waals surface area contributed by atoms with Gasteiger partial charge in [-0.15, -0.1) is 0 Å². The molecule has 0 saturated carbocycles. The molecular weight excluding hydrogens is 394 g/mol. The Morgan fingerprint density at radius 1 is 1.00 bits per heavy atom. The monoisotopic (exact) mass is 422 g/mol. The normalized spacial score (nSPS) is 15.2. The van der Waals surface area contributed by atoms with E-state index in [1.807, 2.05) is 23.0 Å². The molecule has 0 spiro atoms. The van der Waals surface area contributed by atoms with Gasteiger partial charge in [0.05, 0.1) is 0 Å². The molecule has 5 rings (SSSR count). The van der Waals surface area contributed by atoms with Crippen molar-refractivity contribution in [1.29, 1.82) is 0 Å². The first-order valence-corrected chi connectivity index (χ1v) is 11.4. The number of anilines is 1. The minimum absolute atomic E-state index is 0.475. The number of likely N-dealkylation sites (tertiary alicyclic amines) is 1. The van der Waals surface area contributed by atoms with Gasteiger partial charge in [0.2, 0.25) is 0 Å². The molecule has 1 aliphatic rings. The van der Waals surface area contributed by atoms with E-state index >= 15 is 0 Å². The Labute approximate surface area is 190 Å². The Kier molecular flexibility index (Phi) is 5.95. The van der Waals surface area contributed by atoms with E-state index in [1.54, 1.807) is 6.20 Å². The minimum Gasteiger partial charge on any atom is -0.366 e. The van der Waals surface area contributed by atoms with Gasteiger partial charge in [-0.05, 0) is 48.6 Å². The Bertz CT molecular complexity index is 1180. The summed E-state index contributed by atoms with van der Waals surface area (Å²) in [4.78, 5) is 11.8. The van der Waals surface area contributed by atoms with Gasteiger partial charge in [0.1, 0.15) is 21.5 Å². The smallest absolute Gasteiger partial charge is 0.151 e. The van der Waals surface area contributed by atoms with Gasteiger partial charge in [0.25, 0.3) is 0 Å². The number of aromatic nitrogens is 4. The van der Waals surface area contributed by atoms with Crippen molar-refractivity contribution in [1.82, 2.24) is 24.5 Å². The quantitative estimate of drug-likeness (QED) is 0.463. The average molecular weight is 422 g/mol. The van der Waals surface area contributed by atoms with Crippen LogP contribution in [-0.4, -0.2) is 53.3 Å². The molecule has 1 N–H and O–H groups in total. The largest absolute Gasteiger partial charge is 0.366 e. The summed E-state index contributed by atoms with van der Waals surface area (Å²) in [5.41, 5.74) is 7.07. The molecule has 1 fully saturated rings. The van der Waals surface area contributed by atoms with Crippen LogP contribution in [0.3, 0.4) is 0 Å². The summed E-state index contributed by atoms with van der Waals surface area (Å²) >= 11 is 0. The van der Waals surface area contributed by atoms with Gasteiger partial charge in [-0.3, -0.25) is 9.88 Å². The summed E-state index contributed by atoms with van der Waals surface area (Å²) in [5.74, 6) is 1.46. The molecule has 0 bridgehead atoms. The molecule has 32 heavy (non-hydrogen) atoms. The summed E-state index contributed by atoms with van der Waals surface area (Å²) in [6.45, 7) is 3.93. The van der Waals surface area contributed by atoms with Crippen LogP contribution in [0.25, 0.3) is 5.65 Å². The van der Waals surface area contributed by atoms with E-state index in [1.165, 1.54) is 16.7 Å². The van der Waals surface area contributed by atoms with Crippen molar-refractivity contribution in [3.05, 3.63) is 77.9 Å². The van der Waals surface area contributed by atoms with Crippen molar-refractivity contribution in [2.45, 2.75) is 31.8 Å². The lowest BCUT2D eigenvalue weighted by Crippen LogP contribution is -2.33. The van der Waals surface area contributed by atoms with Crippen molar-refractivity contribution in [2.75, 3.05) is 18.4 Å². The molecule has 8 heteroatoms. The lowest BCUT2D eigenvalue weighted by molar-refractivity contribution is 0.203. The van der Waals surface area contributed by atoms with Crippen LogP contribution in [0.4, 0.5) is 5.82 Å². The molecule has 0 radical (unpaired) electrons. The van der Waals surface area contributed by atoms with Gasteiger partial charge in [-0.2, -0.15) is 9.61 Å². The van der Waals surface area contributed by atoms with Crippen LogP contribution in [0, 0.1) is 0 Å². The molecule has 0 atom stereocenters. The second-order valence-electron chi connectivity index (χ2n) is 8.88. The Morgan fingerprint density at radius 2 is 1.81 bits per heavy atom. The molecule has 4 heterocycles. The van der Waals surface area contributed by atoms with Gasteiger partial charge in [-0.1, -0.05) is 35.8 Å². The molecule has 0 amide bonds. The maximum Gasteiger partial charge on any atom is 0.151 e. The molecule has 4 aromatic rings. The molecule has 160 valence electrons. The zero-order chi connectivity index (χ0) is 21.9. The van der Waals surface area contributed by atoms with E-state index in [9.17, 15) is 0 Å². The number of benzene rings is 1. The number of piperidine rings is 1. The fourth-order valence-electron chi connectivity index (χ4n) is 4.46. The first kappa shape index (κ1) is 20.8. The first-order chi connectivity index (χ1) is 15.7. The Balaban J connectivity index is 1.30. The summed E-state index contributed by atoms with van der Waals surface area (Å²) in [5, 5.41) is 8.10. The Morgan fingerprint density at radius 3 is 2.56 bits per heavy atom. The van der Waals surface area contributed by atoms with Crippen LogP contribution in [0.2, 0.25) is 0 Å². The fourth-order valence-corrected chi connectivity index (χ4v) is 4.46. The highest BCUT2D eigenvalue weighted by molar-refractivity contribution is 6.36. The van der Waals surface area contributed by atoms with Crippen LogP contribution in [0.15, 0.2) is 61.1 Å². The first-order valence-electron chi connectivity index (χ1n) is 11.4. The molecule has 0 unspecified atom stereocenters. The summed E-state index contributed by atoms with van der Waals surface area (Å²) in [7, 11) is 4.22. The SMILES string of the molecule is Bc1ccc(CN2CCC(c3cc(NCc4cccnc4)n4ncc(B)c4n3)CC2)cc1. The number of fused-ring (bicyclic) bond motifs is 1. The van der Waals surface area contributed by atoms with E-state index in [-0.39, 0.29) is 0 Å². The maximum atomic E-state index is 5.02. The van der Waals surface area contributed by atoms with Crippen molar-refractivity contribution in [3.63, 3.8) is 0 Å². The number of nitrogens with one attached hydrogen (secondary N) is 1. The summed E-state index contributed by atoms with van der Waals surface area (Å²) in [6.07, 6.45) is 7.85. The lowest BCUT2D eigenvalue weighted by atomic mass is 9.92. The highest BCUT2D eigenvalue weighted by Crippen LogP contribution is 2.29. The molecular formula is C24H28B2N6. The number of hydrogen-bond donors (Lipinski definition) is 1. The van der Waals surface area contributed by atoms with Gasteiger partial charge >= 0.3 is 0 Å². The van der Waals surface area contributed by atoms with Gasteiger partial charge in [0, 0.05) is 49.4 Å². The third-order valence-electron chi connectivity index (χ3n) is 6.40. The predicted molar refractivity (Wildman–Crippen MR) is 135 cm³/mol. The second-order valence-corrected chi connectivity index (χ2v) is 8.88. The topological polar surface area (TPSA) is 58.4 Å². The minimum atomic E-state index is 0.475. The molecule has 1 aromatic carbocycles. The third kappa shape index (κ3) is 4.55. The van der Waals surface area contributed by atoms with Crippen molar-refractivity contribution in [2.24, 2.45) is 0 Å². The number of hydrogen-bond acceptors (Lipinski definition) is 5. The van der Waals surface area contributed by atoms with Crippen molar-refractivity contribution < 1.29 is 0 Å². The van der Waals surface area contributed by atoms with E-state index in [4.69, 9.17) is 4.98 Å². The molecule has 0 aliphatic carbocycles. The maximum absolute atomic E-state index is 5.02. The van der Waals surface area contributed by atoms with E-state index in [2.05, 4.69) is 72.4 Å². The van der Waals surface area contributed by atoms with Gasteiger partial charge in [-0.25, -0.2) is 4.98 Å². The average Bonchev–Trinajstić information content (AvgIpc) is 3.21. The van der Waals surface area contributed by atoms with E-state index in [0.717, 1.165) is 55.0 Å². The summed E-state index contributed by atoms with van der Waals surface area (Å²) in [6, 6.07) is 15.1. The van der Waals surface area contributed by atoms with Crippen LogP contribution < -0.4 is 16.2 Å². The van der Waals surface area contributed by atoms with Crippen molar-refractivity contribution >= 4 is 38.1 Å². The lowest BCUT2D eigenvalue weighted by Gasteiger charge is -2.32. The number of rotatable bonds is 6. The van der Waals surface area contributed by atoms with Crippen LogP contribution in [0.5, 0.6) is 0 Å². The third-order valence-corrected chi connectivity index (χ3v) is 6.40. The standard InChI is InChI=1S/C24H28B2N6/c25-20-5-3-17(4-6-20)16-31-10-7-19(8-11-31)22-12-23(28-14-18-2-1-9-27-13-18)32-24(30-22)21(26)15-29-32/h1-6,9,12-13,15,19,28H,7-8,10-11,14,16,25-26H2. The summed E-state index contributed by atoms with van der Waals surface area (Å²) < 4.78 is 1.92. The van der Waals surface area contributed by atoms with Crippen molar-refractivity contribution in [3.8, 4) is 0 Å².